The second kappa shape index (κ2) is 9.70. The molecule has 0 saturated heterocycles. The first-order chi connectivity index (χ1) is 13.0. The highest BCUT2D eigenvalue weighted by molar-refractivity contribution is 7.89. The molecule has 0 radical (unpaired) electrons. The highest BCUT2D eigenvalue weighted by Gasteiger charge is 2.22. The summed E-state index contributed by atoms with van der Waals surface area (Å²) in [5.74, 6) is 1.11. The summed E-state index contributed by atoms with van der Waals surface area (Å²) in [6, 6.07) is 5.08. The number of anilines is 2. The summed E-state index contributed by atoms with van der Waals surface area (Å²) in [6.07, 6.45) is 1.66. The van der Waals surface area contributed by atoms with E-state index in [0.29, 0.717) is 43.5 Å². The molecule has 0 aliphatic carbocycles. The highest BCUT2D eigenvalue weighted by Crippen LogP contribution is 2.28. The van der Waals surface area contributed by atoms with Crippen LogP contribution in [-0.4, -0.2) is 42.5 Å². The second-order valence-corrected chi connectivity index (χ2v) is 7.97. The summed E-state index contributed by atoms with van der Waals surface area (Å²) in [7, 11) is -3.53. The lowest BCUT2D eigenvalue weighted by atomic mass is 10.2. The molecule has 27 heavy (non-hydrogen) atoms. The van der Waals surface area contributed by atoms with E-state index in [1.54, 1.807) is 18.2 Å². The van der Waals surface area contributed by atoms with Crippen molar-refractivity contribution in [1.29, 1.82) is 0 Å². The van der Waals surface area contributed by atoms with Gasteiger partial charge in [-0.05, 0) is 24.6 Å². The van der Waals surface area contributed by atoms with Crippen molar-refractivity contribution >= 4 is 21.4 Å². The molecule has 9 heteroatoms. The third-order valence-corrected chi connectivity index (χ3v) is 6.20. The summed E-state index contributed by atoms with van der Waals surface area (Å²) in [4.78, 5) is 4.53. The molecule has 2 rings (SSSR count). The van der Waals surface area contributed by atoms with E-state index >= 15 is 0 Å². The molecule has 2 aromatic rings. The van der Waals surface area contributed by atoms with Crippen LogP contribution in [0, 0.1) is 0 Å². The molecule has 1 aromatic carbocycles. The van der Waals surface area contributed by atoms with Gasteiger partial charge < -0.3 is 15.2 Å². The molecule has 1 aromatic heterocycles. The van der Waals surface area contributed by atoms with Gasteiger partial charge in [-0.2, -0.15) is 9.29 Å². The average molecular weight is 396 g/mol. The van der Waals surface area contributed by atoms with Gasteiger partial charge in [0.15, 0.2) is 5.82 Å². The van der Waals surface area contributed by atoms with Crippen molar-refractivity contribution in [2.24, 2.45) is 0 Å². The number of hydrogen-bond acceptors (Lipinski definition) is 7. The van der Waals surface area contributed by atoms with Gasteiger partial charge in [-0.1, -0.05) is 32.9 Å². The smallest absolute Gasteiger partial charge is 0.245 e. The molecule has 1 heterocycles. The number of aryl methyl sites for hydroxylation is 1. The second-order valence-electron chi connectivity index (χ2n) is 6.03. The Morgan fingerprint density at radius 2 is 1.81 bits per heavy atom. The van der Waals surface area contributed by atoms with Crippen molar-refractivity contribution < 1.29 is 12.9 Å². The van der Waals surface area contributed by atoms with E-state index in [-0.39, 0.29) is 4.90 Å². The Bertz CT molecular complexity index is 831. The van der Waals surface area contributed by atoms with Crippen LogP contribution >= 0.6 is 0 Å². The fourth-order valence-corrected chi connectivity index (χ4v) is 4.12. The van der Waals surface area contributed by atoms with E-state index in [1.165, 1.54) is 4.31 Å². The molecule has 0 fully saturated rings. The van der Waals surface area contributed by atoms with Crippen molar-refractivity contribution in [2.75, 3.05) is 30.3 Å². The predicted molar refractivity (Wildman–Crippen MR) is 106 cm³/mol. The summed E-state index contributed by atoms with van der Waals surface area (Å²) in [5.41, 5.74) is 1.53. The van der Waals surface area contributed by atoms with E-state index in [9.17, 15) is 8.42 Å². The van der Waals surface area contributed by atoms with Crippen LogP contribution in [0.15, 0.2) is 27.6 Å². The first kappa shape index (κ1) is 21.2. The molecule has 0 aliphatic heterocycles. The molecule has 0 unspecified atom stereocenters. The Kier molecular flexibility index (Phi) is 7.61. The number of nitrogens with zero attached hydrogens (tertiary/aromatic N) is 3. The molecule has 8 nitrogen and oxygen atoms in total. The van der Waals surface area contributed by atoms with Crippen LogP contribution in [0.3, 0.4) is 0 Å². The number of benzene rings is 1. The van der Waals surface area contributed by atoms with E-state index in [2.05, 4.69) is 27.7 Å². The summed E-state index contributed by atoms with van der Waals surface area (Å²) in [5, 5.41) is 10.4. The Balaban J connectivity index is 2.30. The van der Waals surface area contributed by atoms with Crippen LogP contribution in [0.25, 0.3) is 0 Å². The molecule has 0 spiro atoms. The lowest BCUT2D eigenvalue weighted by Crippen LogP contribution is -2.30. The van der Waals surface area contributed by atoms with Gasteiger partial charge in [0.1, 0.15) is 0 Å². The van der Waals surface area contributed by atoms with Crippen molar-refractivity contribution in [3.05, 3.63) is 29.9 Å². The van der Waals surface area contributed by atoms with Crippen LogP contribution in [0.4, 0.5) is 11.4 Å². The topological polar surface area (TPSA) is 100 Å². The molecule has 0 amide bonds. The summed E-state index contributed by atoms with van der Waals surface area (Å²) >= 11 is 0. The van der Waals surface area contributed by atoms with Crippen molar-refractivity contribution in [3.63, 3.8) is 0 Å². The Labute approximate surface area is 161 Å². The molecular weight excluding hydrogens is 366 g/mol. The van der Waals surface area contributed by atoms with E-state index in [4.69, 9.17) is 4.52 Å². The number of hydrogen-bond donors (Lipinski definition) is 2. The van der Waals surface area contributed by atoms with Crippen molar-refractivity contribution in [3.8, 4) is 0 Å². The standard InChI is InChI=1S/C18H29N5O3S/c1-5-11-19-15-10-9-14(27(24,25)23(7-3)8-4)12-16(15)20-13-18-21-17(6-2)22-26-18/h9-10,12,19-20H,5-8,11,13H2,1-4H3. The number of nitrogens with one attached hydrogen (secondary N) is 2. The Morgan fingerprint density at radius 3 is 2.41 bits per heavy atom. The van der Waals surface area contributed by atoms with Crippen LogP contribution in [0.5, 0.6) is 0 Å². The first-order valence-corrected chi connectivity index (χ1v) is 10.8. The van der Waals surface area contributed by atoms with Crippen molar-refractivity contribution in [2.45, 2.75) is 52.0 Å². The normalized spacial score (nSPS) is 11.7. The summed E-state index contributed by atoms with van der Waals surface area (Å²) < 4.78 is 32.3. The lowest BCUT2D eigenvalue weighted by molar-refractivity contribution is 0.378. The van der Waals surface area contributed by atoms with Crippen molar-refractivity contribution in [1.82, 2.24) is 14.4 Å². The van der Waals surface area contributed by atoms with Gasteiger partial charge in [-0.15, -0.1) is 0 Å². The zero-order valence-electron chi connectivity index (χ0n) is 16.4. The largest absolute Gasteiger partial charge is 0.383 e. The van der Waals surface area contributed by atoms with Gasteiger partial charge >= 0.3 is 0 Å². The van der Waals surface area contributed by atoms with Gasteiger partial charge in [0, 0.05) is 26.1 Å². The van der Waals surface area contributed by atoms with E-state index in [1.807, 2.05) is 20.8 Å². The fraction of sp³-hybridized carbons (Fsp3) is 0.556. The maximum atomic E-state index is 12.8. The number of aromatic nitrogens is 2. The number of rotatable bonds is 11. The quantitative estimate of drug-likeness (QED) is 0.603. The fourth-order valence-electron chi connectivity index (χ4n) is 2.63. The zero-order chi connectivity index (χ0) is 19.9. The minimum Gasteiger partial charge on any atom is -0.383 e. The van der Waals surface area contributed by atoms with Crippen LogP contribution in [0.1, 0.15) is 45.8 Å². The average Bonchev–Trinajstić information content (AvgIpc) is 3.13. The maximum Gasteiger partial charge on any atom is 0.245 e. The maximum absolute atomic E-state index is 12.8. The minimum atomic E-state index is -3.53. The monoisotopic (exact) mass is 395 g/mol. The minimum absolute atomic E-state index is 0.260. The van der Waals surface area contributed by atoms with E-state index < -0.39 is 10.0 Å². The van der Waals surface area contributed by atoms with Crippen LogP contribution in [0.2, 0.25) is 0 Å². The molecule has 0 saturated carbocycles. The zero-order valence-corrected chi connectivity index (χ0v) is 17.3. The molecule has 2 N–H and O–H groups in total. The highest BCUT2D eigenvalue weighted by atomic mass is 32.2. The first-order valence-electron chi connectivity index (χ1n) is 9.39. The summed E-state index contributed by atoms with van der Waals surface area (Å²) in [6.45, 7) is 9.66. The van der Waals surface area contributed by atoms with Crippen LogP contribution in [-0.2, 0) is 23.0 Å². The SMILES string of the molecule is CCCNc1ccc(S(=O)(=O)N(CC)CC)cc1NCc1nc(CC)no1. The third kappa shape index (κ3) is 5.20. The predicted octanol–water partition coefficient (Wildman–Crippen LogP) is 3.10. The molecule has 0 atom stereocenters. The molecule has 0 aliphatic rings. The van der Waals surface area contributed by atoms with Gasteiger partial charge in [0.2, 0.25) is 15.9 Å². The molecule has 0 bridgehead atoms. The van der Waals surface area contributed by atoms with Gasteiger partial charge in [-0.25, -0.2) is 8.42 Å². The lowest BCUT2D eigenvalue weighted by Gasteiger charge is -2.20. The van der Waals surface area contributed by atoms with Gasteiger partial charge in [0.25, 0.3) is 0 Å². The van der Waals surface area contributed by atoms with E-state index in [0.717, 1.165) is 18.7 Å². The Hall–Kier alpha value is -2.13. The molecular formula is C18H29N5O3S. The van der Waals surface area contributed by atoms with Crippen LogP contribution < -0.4 is 10.6 Å². The molecule has 150 valence electrons. The van der Waals surface area contributed by atoms with Gasteiger partial charge in [-0.3, -0.25) is 0 Å². The third-order valence-electron chi connectivity index (χ3n) is 4.16. The van der Waals surface area contributed by atoms with Gasteiger partial charge in [0.05, 0.1) is 22.8 Å². The Morgan fingerprint density at radius 1 is 1.07 bits per heavy atom. The number of sulfonamides is 1.